The maximum absolute atomic E-state index is 12.7. The van der Waals surface area contributed by atoms with E-state index in [2.05, 4.69) is 10.3 Å². The second kappa shape index (κ2) is 10.3. The molecule has 3 atom stereocenters. The quantitative estimate of drug-likeness (QED) is 0.635. The first-order valence-corrected chi connectivity index (χ1v) is 10.9. The fourth-order valence-corrected chi connectivity index (χ4v) is 3.33. The molecule has 9 nitrogen and oxygen atoms in total. The van der Waals surface area contributed by atoms with Crippen molar-refractivity contribution in [3.05, 3.63) is 34.5 Å². The molecule has 0 aromatic carbocycles. The fourth-order valence-electron chi connectivity index (χ4n) is 3.33. The molecule has 0 saturated carbocycles. The van der Waals surface area contributed by atoms with Crippen molar-refractivity contribution in [1.29, 1.82) is 0 Å². The molecule has 3 unspecified atom stereocenters. The van der Waals surface area contributed by atoms with Gasteiger partial charge in [0.1, 0.15) is 30.1 Å². The zero-order chi connectivity index (χ0) is 24.1. The summed E-state index contributed by atoms with van der Waals surface area (Å²) in [6, 6.07) is 0.896. The topological polar surface area (TPSA) is 109 Å². The second-order valence-corrected chi connectivity index (χ2v) is 9.58. The van der Waals surface area contributed by atoms with E-state index in [9.17, 15) is 14.4 Å². The Kier molecular flexibility index (Phi) is 8.23. The number of ether oxygens (including phenoxy) is 3. The van der Waals surface area contributed by atoms with Crippen LogP contribution in [0.15, 0.2) is 23.1 Å². The highest BCUT2D eigenvalue weighted by Gasteiger charge is 2.39. The third-order valence-corrected chi connectivity index (χ3v) is 4.95. The lowest BCUT2D eigenvalue weighted by molar-refractivity contribution is -0.159. The van der Waals surface area contributed by atoms with Gasteiger partial charge in [-0.05, 0) is 65.5 Å². The highest BCUT2D eigenvalue weighted by atomic mass is 16.6. The van der Waals surface area contributed by atoms with E-state index in [0.717, 1.165) is 0 Å². The first kappa shape index (κ1) is 25.6. The number of amides is 1. The summed E-state index contributed by atoms with van der Waals surface area (Å²) >= 11 is 0. The van der Waals surface area contributed by atoms with Crippen molar-refractivity contribution in [3.63, 3.8) is 0 Å². The van der Waals surface area contributed by atoms with Crippen LogP contribution in [0.1, 0.15) is 73.2 Å². The van der Waals surface area contributed by atoms with E-state index in [1.165, 1.54) is 4.57 Å². The van der Waals surface area contributed by atoms with E-state index >= 15 is 0 Å². The number of alkyl carbamates (subject to hydrolysis) is 1. The number of rotatable bonds is 7. The predicted molar refractivity (Wildman–Crippen MR) is 120 cm³/mol. The summed E-state index contributed by atoms with van der Waals surface area (Å²) in [5.74, 6) is -0.755. The standard InChI is InChI=1S/C23H35N3O6/c1-8-9-16-11-13-26(20(28)24-16)17-10-12-23(7,31-17)14-30-19(27)18(15(2)3)25-21(29)32-22(4,5)6/h8-9,11,13,15,17-18H,10,12,14H2,1-7H3,(H,25,29). The van der Waals surface area contributed by atoms with Crippen LogP contribution in [0.4, 0.5) is 4.79 Å². The normalized spacial score (nSPS) is 22.2. The largest absolute Gasteiger partial charge is 0.461 e. The summed E-state index contributed by atoms with van der Waals surface area (Å²) in [6.07, 6.45) is 5.24. The average Bonchev–Trinajstić information content (AvgIpc) is 3.05. The zero-order valence-electron chi connectivity index (χ0n) is 20.0. The van der Waals surface area contributed by atoms with Gasteiger partial charge in [0, 0.05) is 6.20 Å². The van der Waals surface area contributed by atoms with Crippen LogP contribution in [0.3, 0.4) is 0 Å². The number of nitrogens with one attached hydrogen (secondary N) is 1. The third kappa shape index (κ3) is 7.19. The molecule has 1 fully saturated rings. The number of esters is 1. The maximum Gasteiger partial charge on any atom is 0.408 e. The van der Waals surface area contributed by atoms with Gasteiger partial charge in [-0.25, -0.2) is 14.4 Å². The molecule has 178 valence electrons. The Bertz CT molecular complexity index is 902. The molecular weight excluding hydrogens is 414 g/mol. The molecule has 1 aromatic heterocycles. The molecule has 0 aliphatic carbocycles. The Morgan fingerprint density at radius 3 is 2.66 bits per heavy atom. The van der Waals surface area contributed by atoms with Gasteiger partial charge in [0.2, 0.25) is 0 Å². The molecule has 1 aliphatic rings. The average molecular weight is 450 g/mol. The lowest BCUT2D eigenvalue weighted by Gasteiger charge is -2.28. The smallest absolute Gasteiger partial charge is 0.408 e. The van der Waals surface area contributed by atoms with Crippen LogP contribution >= 0.6 is 0 Å². The molecule has 32 heavy (non-hydrogen) atoms. The molecule has 1 aromatic rings. The van der Waals surface area contributed by atoms with Crippen LogP contribution in [0.25, 0.3) is 6.08 Å². The van der Waals surface area contributed by atoms with Crippen molar-refractivity contribution in [3.8, 4) is 0 Å². The number of aromatic nitrogens is 2. The number of hydrogen-bond acceptors (Lipinski definition) is 7. The van der Waals surface area contributed by atoms with E-state index in [1.54, 1.807) is 39.1 Å². The van der Waals surface area contributed by atoms with Crippen LogP contribution in [0, 0.1) is 5.92 Å². The van der Waals surface area contributed by atoms with E-state index in [0.29, 0.717) is 18.5 Å². The minimum atomic E-state index is -0.850. The Morgan fingerprint density at radius 1 is 1.41 bits per heavy atom. The zero-order valence-corrected chi connectivity index (χ0v) is 20.0. The molecular formula is C23H35N3O6. The molecule has 1 N–H and O–H groups in total. The lowest BCUT2D eigenvalue weighted by Crippen LogP contribution is -2.48. The van der Waals surface area contributed by atoms with Gasteiger partial charge in [0.25, 0.3) is 0 Å². The monoisotopic (exact) mass is 449 g/mol. The Morgan fingerprint density at radius 2 is 2.09 bits per heavy atom. The molecule has 1 amide bonds. The van der Waals surface area contributed by atoms with Gasteiger partial charge >= 0.3 is 17.8 Å². The van der Waals surface area contributed by atoms with Crippen molar-refractivity contribution >= 4 is 18.1 Å². The minimum Gasteiger partial charge on any atom is -0.461 e. The molecule has 0 spiro atoms. The van der Waals surface area contributed by atoms with E-state index < -0.39 is 41.2 Å². The summed E-state index contributed by atoms with van der Waals surface area (Å²) in [6.45, 7) is 12.6. The lowest BCUT2D eigenvalue weighted by atomic mass is 10.0. The van der Waals surface area contributed by atoms with Gasteiger partial charge in [-0.1, -0.05) is 19.9 Å². The third-order valence-electron chi connectivity index (χ3n) is 4.95. The van der Waals surface area contributed by atoms with E-state index in [-0.39, 0.29) is 12.5 Å². The second-order valence-electron chi connectivity index (χ2n) is 9.58. The van der Waals surface area contributed by atoms with Gasteiger partial charge in [-0.2, -0.15) is 4.98 Å². The van der Waals surface area contributed by atoms with Crippen LogP contribution in [-0.4, -0.2) is 45.5 Å². The van der Waals surface area contributed by atoms with Crippen molar-refractivity contribution in [2.24, 2.45) is 5.92 Å². The first-order valence-electron chi connectivity index (χ1n) is 10.9. The maximum atomic E-state index is 12.7. The van der Waals surface area contributed by atoms with Gasteiger partial charge in [-0.15, -0.1) is 0 Å². The highest BCUT2D eigenvalue weighted by Crippen LogP contribution is 2.35. The Labute approximate surface area is 189 Å². The van der Waals surface area contributed by atoms with Crippen molar-refractivity contribution < 1.29 is 23.8 Å². The van der Waals surface area contributed by atoms with Crippen LogP contribution < -0.4 is 11.0 Å². The molecule has 1 aliphatic heterocycles. The molecule has 2 heterocycles. The van der Waals surface area contributed by atoms with Crippen LogP contribution in [0.5, 0.6) is 0 Å². The minimum absolute atomic E-state index is 0.000384. The predicted octanol–water partition coefficient (Wildman–Crippen LogP) is 3.44. The number of nitrogens with zero attached hydrogens (tertiary/aromatic N) is 2. The number of allylic oxidation sites excluding steroid dienone is 1. The number of hydrogen-bond donors (Lipinski definition) is 1. The SMILES string of the molecule is CC=Cc1ccn(C2CCC(C)(COC(=O)C(NC(=O)OC(C)(C)C)C(C)C)O2)c(=O)n1. The molecule has 1 saturated heterocycles. The summed E-state index contributed by atoms with van der Waals surface area (Å²) in [5.41, 5.74) is -1.24. The molecule has 0 radical (unpaired) electrons. The fraction of sp³-hybridized carbons (Fsp3) is 0.652. The van der Waals surface area contributed by atoms with Crippen LogP contribution in [-0.2, 0) is 19.0 Å². The van der Waals surface area contributed by atoms with Crippen molar-refractivity contribution in [1.82, 2.24) is 14.9 Å². The Balaban J connectivity index is 1.98. The molecule has 2 rings (SSSR count). The van der Waals surface area contributed by atoms with E-state index in [1.807, 2.05) is 33.8 Å². The van der Waals surface area contributed by atoms with Gasteiger partial charge in [0.15, 0.2) is 0 Å². The van der Waals surface area contributed by atoms with Crippen molar-refractivity contribution in [2.75, 3.05) is 6.61 Å². The first-order chi connectivity index (χ1) is 14.8. The van der Waals surface area contributed by atoms with Gasteiger partial charge in [-0.3, -0.25) is 4.57 Å². The summed E-state index contributed by atoms with van der Waals surface area (Å²) in [4.78, 5) is 41.1. The number of carbonyl (C=O) groups is 2. The van der Waals surface area contributed by atoms with E-state index in [4.69, 9.17) is 14.2 Å². The van der Waals surface area contributed by atoms with Crippen molar-refractivity contribution in [2.45, 2.75) is 84.8 Å². The number of carbonyl (C=O) groups excluding carboxylic acids is 2. The summed E-state index contributed by atoms with van der Waals surface area (Å²) < 4.78 is 18.3. The molecule has 0 bridgehead atoms. The summed E-state index contributed by atoms with van der Waals surface area (Å²) in [5, 5.41) is 2.58. The Hall–Kier alpha value is -2.68. The highest BCUT2D eigenvalue weighted by molar-refractivity contribution is 5.81. The van der Waals surface area contributed by atoms with Crippen LogP contribution in [0.2, 0.25) is 0 Å². The van der Waals surface area contributed by atoms with Gasteiger partial charge < -0.3 is 19.5 Å². The summed E-state index contributed by atoms with van der Waals surface area (Å²) in [7, 11) is 0. The van der Waals surface area contributed by atoms with Gasteiger partial charge in [0.05, 0.1) is 5.69 Å². The molecule has 9 heteroatoms.